The number of alkyl halides is 3. The molecule has 0 saturated heterocycles. The Morgan fingerprint density at radius 1 is 1.39 bits per heavy atom. The van der Waals surface area contributed by atoms with E-state index in [1.165, 1.54) is 0 Å². The van der Waals surface area contributed by atoms with E-state index in [0.717, 1.165) is 37.0 Å². The van der Waals surface area contributed by atoms with Gasteiger partial charge in [-0.05, 0) is 19.8 Å². The summed E-state index contributed by atoms with van der Waals surface area (Å²) in [4.78, 5) is 6.77. The van der Waals surface area contributed by atoms with Crippen molar-refractivity contribution in [2.24, 2.45) is 0 Å². The van der Waals surface area contributed by atoms with Crippen molar-refractivity contribution in [2.45, 2.75) is 38.8 Å². The molecule has 0 unspecified atom stereocenters. The fraction of sp³-hybridized carbons (Fsp3) is 0.636. The van der Waals surface area contributed by atoms with E-state index < -0.39 is 11.9 Å². The van der Waals surface area contributed by atoms with Crippen LogP contribution in [0.1, 0.15) is 37.7 Å². The van der Waals surface area contributed by atoms with Crippen molar-refractivity contribution in [3.8, 4) is 0 Å². The molecular formula is C11H16F3N3S. The predicted molar refractivity (Wildman–Crippen MR) is 67.4 cm³/mol. The molecule has 0 aliphatic heterocycles. The molecule has 2 N–H and O–H groups in total. The monoisotopic (exact) mass is 279 g/mol. The molecule has 0 aliphatic rings. The first kappa shape index (κ1) is 14.9. The number of imidazole rings is 1. The van der Waals surface area contributed by atoms with E-state index in [-0.39, 0.29) is 0 Å². The van der Waals surface area contributed by atoms with E-state index in [9.17, 15) is 13.2 Å². The van der Waals surface area contributed by atoms with Crippen molar-refractivity contribution >= 4 is 17.2 Å². The van der Waals surface area contributed by atoms with Crippen LogP contribution < -0.4 is 5.32 Å². The van der Waals surface area contributed by atoms with E-state index in [4.69, 9.17) is 12.2 Å². The smallest absolute Gasteiger partial charge is 0.380 e. The standard InChI is InChI=1S/C11H16F3N3S/c1-8(18)15-6-4-2-3-5-10-16-7-9(17-10)11(12,13)14/h7H,2-6H2,1H3,(H,15,18)(H,16,17). The molecule has 0 saturated carbocycles. The zero-order valence-corrected chi connectivity index (χ0v) is 10.9. The Balaban J connectivity index is 2.20. The van der Waals surface area contributed by atoms with Crippen molar-refractivity contribution < 1.29 is 13.2 Å². The molecule has 0 aliphatic carbocycles. The number of nitrogens with zero attached hydrogens (tertiary/aromatic N) is 1. The highest BCUT2D eigenvalue weighted by Gasteiger charge is 2.32. The molecule has 1 rings (SSSR count). The topological polar surface area (TPSA) is 40.7 Å². The van der Waals surface area contributed by atoms with E-state index in [1.54, 1.807) is 0 Å². The molecule has 1 heterocycles. The molecule has 0 spiro atoms. The largest absolute Gasteiger partial charge is 0.432 e. The maximum absolute atomic E-state index is 12.3. The zero-order chi connectivity index (χ0) is 13.6. The van der Waals surface area contributed by atoms with Gasteiger partial charge in [0.15, 0.2) is 0 Å². The number of halogens is 3. The Kier molecular flexibility index (Phi) is 5.58. The lowest BCUT2D eigenvalue weighted by molar-refractivity contribution is -0.140. The van der Waals surface area contributed by atoms with Crippen LogP contribution in [0.2, 0.25) is 0 Å². The van der Waals surface area contributed by atoms with Gasteiger partial charge >= 0.3 is 6.18 Å². The van der Waals surface area contributed by atoms with Crippen LogP contribution >= 0.6 is 12.2 Å². The van der Waals surface area contributed by atoms with Crippen molar-refractivity contribution in [3.63, 3.8) is 0 Å². The van der Waals surface area contributed by atoms with Gasteiger partial charge in [-0.3, -0.25) is 0 Å². The number of hydrogen-bond acceptors (Lipinski definition) is 2. The molecule has 0 fully saturated rings. The number of aromatic nitrogens is 2. The summed E-state index contributed by atoms with van der Waals surface area (Å²) in [6.45, 7) is 2.62. The number of aryl methyl sites for hydroxylation is 1. The Morgan fingerprint density at radius 3 is 2.67 bits per heavy atom. The SMILES string of the molecule is CC(=S)NCCCCCc1ncc(C(F)(F)F)[nH]1. The second-order valence-electron chi connectivity index (χ2n) is 4.03. The lowest BCUT2D eigenvalue weighted by Gasteiger charge is -2.03. The molecule has 102 valence electrons. The average molecular weight is 279 g/mol. The maximum atomic E-state index is 12.3. The van der Waals surface area contributed by atoms with Gasteiger partial charge in [0.2, 0.25) is 0 Å². The van der Waals surface area contributed by atoms with E-state index in [0.29, 0.717) is 12.2 Å². The molecule has 0 bridgehead atoms. The average Bonchev–Trinajstić information content (AvgIpc) is 2.71. The second kappa shape index (κ2) is 6.72. The van der Waals surface area contributed by atoms with Crippen LogP contribution in [0.25, 0.3) is 0 Å². The number of thiocarbonyl (C=S) groups is 1. The van der Waals surface area contributed by atoms with Crippen molar-refractivity contribution in [1.82, 2.24) is 15.3 Å². The number of rotatable bonds is 6. The minimum Gasteiger partial charge on any atom is -0.380 e. The number of unbranched alkanes of at least 4 members (excludes halogenated alkanes) is 2. The molecule has 0 atom stereocenters. The number of nitrogens with one attached hydrogen (secondary N) is 2. The van der Waals surface area contributed by atoms with Crippen molar-refractivity contribution in [1.29, 1.82) is 0 Å². The van der Waals surface area contributed by atoms with E-state index in [1.807, 2.05) is 6.92 Å². The summed E-state index contributed by atoms with van der Waals surface area (Å²) < 4.78 is 36.8. The summed E-state index contributed by atoms with van der Waals surface area (Å²) in [5.74, 6) is 0.390. The summed E-state index contributed by atoms with van der Waals surface area (Å²) in [5.41, 5.74) is -0.782. The van der Waals surface area contributed by atoms with E-state index in [2.05, 4.69) is 15.3 Å². The van der Waals surface area contributed by atoms with E-state index >= 15 is 0 Å². The summed E-state index contributed by atoms with van der Waals surface area (Å²) in [6.07, 6.45) is -0.285. The molecule has 18 heavy (non-hydrogen) atoms. The quantitative estimate of drug-likeness (QED) is 0.621. The molecule has 1 aromatic heterocycles. The molecular weight excluding hydrogens is 263 g/mol. The lowest BCUT2D eigenvalue weighted by Crippen LogP contribution is -2.19. The molecule has 7 heteroatoms. The van der Waals surface area contributed by atoms with Crippen LogP contribution in [0.15, 0.2) is 6.20 Å². The van der Waals surface area contributed by atoms with Gasteiger partial charge in [-0.1, -0.05) is 18.6 Å². The van der Waals surface area contributed by atoms with Crippen LogP contribution in [0.3, 0.4) is 0 Å². The fourth-order valence-corrected chi connectivity index (χ4v) is 1.59. The van der Waals surface area contributed by atoms with Crippen LogP contribution in [0.4, 0.5) is 13.2 Å². The highest BCUT2D eigenvalue weighted by molar-refractivity contribution is 7.80. The predicted octanol–water partition coefficient (Wildman–Crippen LogP) is 3.08. The fourth-order valence-electron chi connectivity index (χ4n) is 1.49. The summed E-state index contributed by atoms with van der Waals surface area (Å²) >= 11 is 4.86. The van der Waals surface area contributed by atoms with Crippen LogP contribution in [0.5, 0.6) is 0 Å². The van der Waals surface area contributed by atoms with Crippen molar-refractivity contribution in [3.05, 3.63) is 17.7 Å². The highest BCUT2D eigenvalue weighted by atomic mass is 32.1. The van der Waals surface area contributed by atoms with Gasteiger partial charge in [0.05, 0.1) is 11.2 Å². The van der Waals surface area contributed by atoms with Gasteiger partial charge in [-0.15, -0.1) is 0 Å². The summed E-state index contributed by atoms with van der Waals surface area (Å²) in [6, 6.07) is 0. The van der Waals surface area contributed by atoms with Gasteiger partial charge in [0.1, 0.15) is 11.5 Å². The third-order valence-electron chi connectivity index (χ3n) is 2.40. The second-order valence-corrected chi connectivity index (χ2v) is 4.65. The molecule has 0 aromatic carbocycles. The van der Waals surface area contributed by atoms with Crippen LogP contribution in [-0.4, -0.2) is 21.5 Å². The Labute approximate surface area is 109 Å². The van der Waals surface area contributed by atoms with Gasteiger partial charge in [-0.2, -0.15) is 13.2 Å². The number of hydrogen-bond donors (Lipinski definition) is 2. The maximum Gasteiger partial charge on any atom is 0.432 e. The van der Waals surface area contributed by atoms with Crippen molar-refractivity contribution in [2.75, 3.05) is 6.54 Å². The van der Waals surface area contributed by atoms with Gasteiger partial charge in [0, 0.05) is 13.0 Å². The van der Waals surface area contributed by atoms with Gasteiger partial charge in [0.25, 0.3) is 0 Å². The zero-order valence-electron chi connectivity index (χ0n) is 10.1. The third kappa shape index (κ3) is 5.48. The minimum absolute atomic E-state index is 0.390. The third-order valence-corrected chi connectivity index (χ3v) is 2.54. The summed E-state index contributed by atoms with van der Waals surface area (Å²) in [5, 5.41) is 3.03. The first-order valence-corrected chi connectivity index (χ1v) is 6.16. The Hall–Kier alpha value is -1.11. The Morgan fingerprint density at radius 2 is 2.11 bits per heavy atom. The first-order chi connectivity index (χ1) is 8.39. The summed E-state index contributed by atoms with van der Waals surface area (Å²) in [7, 11) is 0. The number of H-pyrrole nitrogens is 1. The Bertz CT molecular complexity index is 387. The molecule has 1 aromatic rings. The lowest BCUT2D eigenvalue weighted by atomic mass is 10.2. The molecule has 0 radical (unpaired) electrons. The number of aromatic amines is 1. The first-order valence-electron chi connectivity index (χ1n) is 5.75. The molecule has 3 nitrogen and oxygen atoms in total. The van der Waals surface area contributed by atoms with Crippen LogP contribution in [0, 0.1) is 0 Å². The minimum atomic E-state index is -4.34. The van der Waals surface area contributed by atoms with Gasteiger partial charge in [-0.25, -0.2) is 4.98 Å². The normalized spacial score (nSPS) is 11.6. The van der Waals surface area contributed by atoms with Crippen LogP contribution in [-0.2, 0) is 12.6 Å². The highest BCUT2D eigenvalue weighted by Crippen LogP contribution is 2.27. The molecule has 0 amide bonds. The van der Waals surface area contributed by atoms with Gasteiger partial charge < -0.3 is 10.3 Å².